The molecule has 4 rings (SSSR count). The summed E-state index contributed by atoms with van der Waals surface area (Å²) in [6.45, 7) is 1.93. The van der Waals surface area contributed by atoms with Gasteiger partial charge in [0.1, 0.15) is 5.75 Å². The maximum Gasteiger partial charge on any atom is 0.304 e. The Hall–Kier alpha value is -3.93. The van der Waals surface area contributed by atoms with Gasteiger partial charge in [0.05, 0.1) is 12.7 Å². The predicted molar refractivity (Wildman–Crippen MR) is 118 cm³/mol. The van der Waals surface area contributed by atoms with E-state index in [1.54, 1.807) is 23.9 Å². The molecule has 0 aliphatic carbocycles. The molecule has 0 bridgehead atoms. The number of carbonyl (C=O) groups is 2. The van der Waals surface area contributed by atoms with E-state index in [1.165, 1.54) is 0 Å². The van der Waals surface area contributed by atoms with Crippen molar-refractivity contribution < 1.29 is 19.0 Å². The third-order valence-corrected chi connectivity index (χ3v) is 5.26. The Morgan fingerprint density at radius 3 is 2.52 bits per heavy atom. The number of nitrogens with zero attached hydrogens (tertiary/aromatic N) is 1. The Labute approximate surface area is 181 Å². The molecule has 2 atom stereocenters. The van der Waals surface area contributed by atoms with Crippen molar-refractivity contribution in [1.29, 1.82) is 0 Å². The van der Waals surface area contributed by atoms with Crippen LogP contribution in [-0.4, -0.2) is 35.9 Å². The van der Waals surface area contributed by atoms with Crippen LogP contribution in [0, 0.1) is 6.92 Å². The minimum absolute atomic E-state index is 0.277. The molecular weight excluding hydrogens is 390 g/mol. The largest absolute Gasteiger partial charge is 0.496 e. The van der Waals surface area contributed by atoms with Gasteiger partial charge in [0.25, 0.3) is 5.91 Å². The van der Waals surface area contributed by atoms with E-state index in [9.17, 15) is 9.59 Å². The van der Waals surface area contributed by atoms with Gasteiger partial charge < -0.3 is 10.1 Å². The number of rotatable bonds is 5. The summed E-state index contributed by atoms with van der Waals surface area (Å²) in [5.74, 6) is 0.126. The first-order valence-corrected chi connectivity index (χ1v) is 10.1. The third-order valence-electron chi connectivity index (χ3n) is 5.26. The molecule has 0 unspecified atom stereocenters. The summed E-state index contributed by atoms with van der Waals surface area (Å²) in [5, 5.41) is 2.92. The zero-order valence-corrected chi connectivity index (χ0v) is 17.4. The number of para-hydroxylation sites is 1. The predicted octanol–water partition coefficient (Wildman–Crippen LogP) is 3.02. The quantitative estimate of drug-likeness (QED) is 0.631. The summed E-state index contributed by atoms with van der Waals surface area (Å²) < 4.78 is 7.18. The number of methoxy groups -OCH3 is 1. The van der Waals surface area contributed by atoms with Crippen LogP contribution in [0.15, 0.2) is 78.9 Å². The van der Waals surface area contributed by atoms with Crippen molar-refractivity contribution in [2.24, 2.45) is 0 Å². The number of carbonyl (C=O) groups excluding carboxylic acids is 2. The van der Waals surface area contributed by atoms with Crippen molar-refractivity contribution in [1.82, 2.24) is 10.7 Å². The fourth-order valence-electron chi connectivity index (χ4n) is 3.76. The highest BCUT2D eigenvalue weighted by atomic mass is 16.5. The van der Waals surface area contributed by atoms with Crippen molar-refractivity contribution in [3.05, 3.63) is 101 Å². The van der Waals surface area contributed by atoms with E-state index in [4.69, 9.17) is 4.74 Å². The number of nitrogens with one attached hydrogen (secondary N) is 2. The maximum absolute atomic E-state index is 12.9. The molecule has 6 nitrogen and oxygen atoms in total. The highest BCUT2D eigenvalue weighted by Gasteiger charge is 2.47. The van der Waals surface area contributed by atoms with E-state index in [0.717, 1.165) is 16.7 Å². The summed E-state index contributed by atoms with van der Waals surface area (Å²) in [4.78, 5) is 25.8. The first-order valence-electron chi connectivity index (χ1n) is 10.1. The maximum atomic E-state index is 12.9. The summed E-state index contributed by atoms with van der Waals surface area (Å²) >= 11 is 0. The van der Waals surface area contributed by atoms with Crippen molar-refractivity contribution in [2.45, 2.75) is 19.0 Å². The van der Waals surface area contributed by atoms with Crippen LogP contribution in [0.5, 0.6) is 5.75 Å². The van der Waals surface area contributed by atoms with Gasteiger partial charge >= 0.3 is 5.91 Å². The summed E-state index contributed by atoms with van der Waals surface area (Å²) in [6, 6.07) is 23.3. The monoisotopic (exact) mass is 414 g/mol. The number of ether oxygens (including phenoxy) is 1. The van der Waals surface area contributed by atoms with Crippen molar-refractivity contribution in [3.8, 4) is 5.75 Å². The van der Waals surface area contributed by atoms with Gasteiger partial charge in [0, 0.05) is 11.1 Å². The van der Waals surface area contributed by atoms with Crippen LogP contribution in [0.4, 0.5) is 0 Å². The van der Waals surface area contributed by atoms with E-state index in [2.05, 4.69) is 10.7 Å². The molecule has 3 aromatic rings. The number of hydrogen-bond donors (Lipinski definition) is 2. The van der Waals surface area contributed by atoms with Gasteiger partial charge in [-0.2, -0.15) is 0 Å². The van der Waals surface area contributed by atoms with Crippen LogP contribution < -0.4 is 15.5 Å². The van der Waals surface area contributed by atoms with Gasteiger partial charge in [0.15, 0.2) is 6.04 Å². The van der Waals surface area contributed by atoms with Crippen LogP contribution in [0.3, 0.4) is 0 Å². The van der Waals surface area contributed by atoms with Crippen LogP contribution in [0.25, 0.3) is 0 Å². The number of benzene rings is 3. The van der Waals surface area contributed by atoms with Gasteiger partial charge in [-0.25, -0.2) is 0 Å². The molecule has 3 aromatic carbocycles. The molecule has 2 amide bonds. The van der Waals surface area contributed by atoms with E-state index in [0.29, 0.717) is 11.3 Å². The van der Waals surface area contributed by atoms with Crippen LogP contribution in [-0.2, 0) is 4.79 Å². The van der Waals surface area contributed by atoms with Gasteiger partial charge in [-0.15, -0.1) is 10.1 Å². The van der Waals surface area contributed by atoms with Crippen molar-refractivity contribution in [2.75, 3.05) is 7.11 Å². The van der Waals surface area contributed by atoms with Gasteiger partial charge in [-0.05, 0) is 31.2 Å². The number of hydrazone groups is 1. The summed E-state index contributed by atoms with van der Waals surface area (Å²) in [5.41, 5.74) is 6.11. The van der Waals surface area contributed by atoms with Gasteiger partial charge in [-0.1, -0.05) is 60.2 Å². The zero-order chi connectivity index (χ0) is 21.8. The molecule has 0 saturated carbocycles. The molecule has 156 valence electrons. The second-order valence-electron chi connectivity index (χ2n) is 7.43. The van der Waals surface area contributed by atoms with Crippen LogP contribution in [0.1, 0.15) is 33.1 Å². The fraction of sp³-hybridized carbons (Fsp3) is 0.160. The normalized spacial score (nSPS) is 19.2. The average Bonchev–Trinajstić information content (AvgIpc) is 3.09. The third kappa shape index (κ3) is 4.33. The topological polar surface area (TPSA) is 70.4 Å². The van der Waals surface area contributed by atoms with E-state index >= 15 is 0 Å². The molecule has 31 heavy (non-hydrogen) atoms. The first kappa shape index (κ1) is 20.3. The van der Waals surface area contributed by atoms with E-state index in [-0.39, 0.29) is 11.8 Å². The second kappa shape index (κ2) is 8.83. The fourth-order valence-corrected chi connectivity index (χ4v) is 3.76. The lowest BCUT2D eigenvalue weighted by Gasteiger charge is -2.15. The van der Waals surface area contributed by atoms with Gasteiger partial charge in [0.2, 0.25) is 12.3 Å². The molecule has 1 aliphatic rings. The number of hydrogen-bond acceptors (Lipinski definition) is 3. The number of amides is 2. The van der Waals surface area contributed by atoms with Crippen molar-refractivity contribution in [3.63, 3.8) is 0 Å². The van der Waals surface area contributed by atoms with Gasteiger partial charge in [-0.3, -0.25) is 9.59 Å². The first-order chi connectivity index (χ1) is 15.1. The molecule has 0 aromatic heterocycles. The van der Waals surface area contributed by atoms with E-state index in [1.807, 2.05) is 79.9 Å². The average molecular weight is 414 g/mol. The smallest absolute Gasteiger partial charge is 0.304 e. The number of hydrazine groups is 1. The lowest BCUT2D eigenvalue weighted by atomic mass is 9.99. The molecule has 1 fully saturated rings. The molecule has 1 heterocycles. The minimum atomic E-state index is -0.763. The number of aryl methyl sites for hydroxylation is 1. The Bertz CT molecular complexity index is 1140. The molecule has 0 radical (unpaired) electrons. The molecule has 0 spiro atoms. The minimum Gasteiger partial charge on any atom is -0.496 e. The van der Waals surface area contributed by atoms with Crippen LogP contribution in [0.2, 0.25) is 0 Å². The Balaban J connectivity index is 1.72. The lowest BCUT2D eigenvalue weighted by Crippen LogP contribution is -2.42. The molecular formula is C25H24N3O3+. The SMILES string of the molecule is COc1ccccc1/C=[N+]1\NC(=O)[C@@H](NC(=O)c2cccc(C)c2)[C@@H]1c1ccccc1. The molecule has 1 aliphatic heterocycles. The highest BCUT2D eigenvalue weighted by Crippen LogP contribution is 2.26. The Kier molecular flexibility index (Phi) is 5.80. The lowest BCUT2D eigenvalue weighted by molar-refractivity contribution is -0.596. The Morgan fingerprint density at radius 1 is 1.03 bits per heavy atom. The zero-order valence-electron chi connectivity index (χ0n) is 17.4. The highest BCUT2D eigenvalue weighted by molar-refractivity contribution is 5.98. The molecule has 2 N–H and O–H groups in total. The van der Waals surface area contributed by atoms with Crippen molar-refractivity contribution >= 4 is 18.0 Å². The molecule has 6 heteroatoms. The van der Waals surface area contributed by atoms with Crippen LogP contribution >= 0.6 is 0 Å². The summed E-state index contributed by atoms with van der Waals surface area (Å²) in [6.07, 6.45) is 1.83. The van der Waals surface area contributed by atoms with E-state index < -0.39 is 12.1 Å². The standard InChI is InChI=1S/C25H23N3O3/c1-17-9-8-13-19(15-17)24(29)26-22-23(18-10-4-3-5-11-18)28(27-25(22)30)16-20-12-6-7-14-21(20)31-2/h3-16,22-23H,1-2H3,(H-,26,27,29,30)/p+1/b28-16-/t22-,23-/m0/s1. The molecule has 1 saturated heterocycles. The second-order valence-corrected chi connectivity index (χ2v) is 7.43. The summed E-state index contributed by atoms with van der Waals surface area (Å²) in [7, 11) is 1.61. The Morgan fingerprint density at radius 2 is 1.77 bits per heavy atom.